The fourth-order valence-electron chi connectivity index (χ4n) is 2.90. The first-order chi connectivity index (χ1) is 10.2. The Morgan fingerprint density at radius 3 is 1.64 bits per heavy atom. The molecule has 1 unspecified atom stereocenters. The maximum absolute atomic E-state index is 10.4. The van der Waals surface area contributed by atoms with Gasteiger partial charge in [-0.1, -0.05) is 97.3 Å². The van der Waals surface area contributed by atoms with Crippen molar-refractivity contribution < 1.29 is 9.90 Å². The van der Waals surface area contributed by atoms with Crippen molar-refractivity contribution in [3.8, 4) is 0 Å². The molecule has 1 atom stereocenters. The van der Waals surface area contributed by atoms with Crippen LogP contribution in [0.1, 0.15) is 110 Å². The Labute approximate surface area is 168 Å². The average Bonchev–Trinajstić information content (AvgIpc) is 2.44. The second kappa shape index (κ2) is 19.8. The van der Waals surface area contributed by atoms with E-state index in [9.17, 15) is 4.79 Å². The molecule has 0 heterocycles. The van der Waals surface area contributed by atoms with Gasteiger partial charge in [-0.2, -0.15) is 0 Å². The minimum atomic E-state index is -0.656. The number of rotatable bonds is 16. The fraction of sp³-hybridized carbons (Fsp3) is 0.947. The van der Waals surface area contributed by atoms with Gasteiger partial charge in [-0.15, -0.1) is 0 Å². The van der Waals surface area contributed by atoms with Crippen LogP contribution >= 0.6 is 0 Å². The summed E-state index contributed by atoms with van der Waals surface area (Å²) in [4.78, 5) is 10.4. The predicted molar refractivity (Wildman–Crippen MR) is 100 cm³/mol. The second-order valence-corrected chi connectivity index (χ2v) is 6.72. The molecule has 0 aromatic heterocycles. The quantitative estimate of drug-likeness (QED) is 0.291. The van der Waals surface area contributed by atoms with Gasteiger partial charge in [0.2, 0.25) is 0 Å². The van der Waals surface area contributed by atoms with Gasteiger partial charge in [0.25, 0.3) is 0 Å². The van der Waals surface area contributed by atoms with E-state index in [-0.39, 0.29) is 37.7 Å². The van der Waals surface area contributed by atoms with E-state index in [1.165, 1.54) is 77.0 Å². The molecule has 0 aromatic carbocycles. The molecule has 2 nitrogen and oxygen atoms in total. The Morgan fingerprint density at radius 1 is 0.773 bits per heavy atom. The van der Waals surface area contributed by atoms with E-state index in [1.54, 1.807) is 0 Å². The molecule has 3 heteroatoms. The van der Waals surface area contributed by atoms with Crippen molar-refractivity contribution in [1.82, 2.24) is 0 Å². The molecule has 0 fully saturated rings. The minimum absolute atomic E-state index is 0. The van der Waals surface area contributed by atoms with Gasteiger partial charge in [-0.3, -0.25) is 4.79 Å². The zero-order chi connectivity index (χ0) is 15.8. The van der Waals surface area contributed by atoms with Gasteiger partial charge >= 0.3 is 43.7 Å². The molecule has 22 heavy (non-hydrogen) atoms. The SMILES string of the molecule is CCCCCCCCCCCCCC(C)CCCC(=O)O.[CaH2]. The first-order valence-corrected chi connectivity index (χ1v) is 9.38. The normalized spacial score (nSPS) is 11.9. The van der Waals surface area contributed by atoms with Crippen molar-refractivity contribution in [3.05, 3.63) is 0 Å². The summed E-state index contributed by atoms with van der Waals surface area (Å²) >= 11 is 0. The molecule has 130 valence electrons. The molecule has 0 spiro atoms. The molecule has 0 radical (unpaired) electrons. The van der Waals surface area contributed by atoms with Gasteiger partial charge in [0.15, 0.2) is 0 Å². The molecule has 0 aromatic rings. The van der Waals surface area contributed by atoms with Gasteiger partial charge in [0.05, 0.1) is 0 Å². The summed E-state index contributed by atoms with van der Waals surface area (Å²) in [5.41, 5.74) is 0. The topological polar surface area (TPSA) is 37.3 Å². The molecule has 0 rings (SSSR count). The zero-order valence-electron chi connectivity index (χ0n) is 14.5. The number of unbranched alkanes of at least 4 members (excludes halogenated alkanes) is 10. The van der Waals surface area contributed by atoms with Crippen LogP contribution in [0.25, 0.3) is 0 Å². The van der Waals surface area contributed by atoms with Crippen LogP contribution in [0, 0.1) is 5.92 Å². The Kier molecular flexibility index (Phi) is 22.5. The van der Waals surface area contributed by atoms with Crippen molar-refractivity contribution >= 4 is 43.7 Å². The average molecular weight is 341 g/mol. The van der Waals surface area contributed by atoms with Crippen molar-refractivity contribution in [2.45, 2.75) is 110 Å². The first-order valence-electron chi connectivity index (χ1n) is 9.38. The molecular weight excluding hydrogens is 300 g/mol. The van der Waals surface area contributed by atoms with Crippen LogP contribution in [0.4, 0.5) is 0 Å². The Balaban J connectivity index is 0. The van der Waals surface area contributed by atoms with Crippen LogP contribution in [0.3, 0.4) is 0 Å². The zero-order valence-corrected chi connectivity index (χ0v) is 14.5. The summed E-state index contributed by atoms with van der Waals surface area (Å²) in [5.74, 6) is 0.0415. The van der Waals surface area contributed by atoms with Crippen molar-refractivity contribution in [3.63, 3.8) is 0 Å². The van der Waals surface area contributed by atoms with Crippen LogP contribution < -0.4 is 0 Å². The summed E-state index contributed by atoms with van der Waals surface area (Å²) in [6.45, 7) is 4.53. The Hall–Kier alpha value is 0.730. The van der Waals surface area contributed by atoms with Gasteiger partial charge in [0, 0.05) is 6.42 Å². The first kappa shape index (κ1) is 25.0. The molecule has 0 amide bonds. The summed E-state index contributed by atoms with van der Waals surface area (Å²) in [6.07, 6.45) is 18.9. The van der Waals surface area contributed by atoms with Gasteiger partial charge in [0.1, 0.15) is 0 Å². The number of carboxylic acid groups (broad SMARTS) is 1. The van der Waals surface area contributed by atoms with E-state index < -0.39 is 5.97 Å². The third-order valence-corrected chi connectivity index (χ3v) is 4.39. The molecule has 0 saturated heterocycles. The number of carboxylic acids is 1. The number of hydrogen-bond donors (Lipinski definition) is 1. The van der Waals surface area contributed by atoms with E-state index in [2.05, 4.69) is 13.8 Å². The molecule has 1 N–H and O–H groups in total. The van der Waals surface area contributed by atoms with E-state index in [4.69, 9.17) is 5.11 Å². The van der Waals surface area contributed by atoms with E-state index in [0.29, 0.717) is 12.3 Å². The summed E-state index contributed by atoms with van der Waals surface area (Å²) in [7, 11) is 0. The molecule has 0 bridgehead atoms. The van der Waals surface area contributed by atoms with Crippen molar-refractivity contribution in [2.24, 2.45) is 5.92 Å². The Morgan fingerprint density at radius 2 is 1.18 bits per heavy atom. The Bertz CT molecular complexity index is 231. The van der Waals surface area contributed by atoms with Gasteiger partial charge in [-0.25, -0.2) is 0 Å². The van der Waals surface area contributed by atoms with Crippen LogP contribution in [0.5, 0.6) is 0 Å². The molecule has 0 aliphatic heterocycles. The van der Waals surface area contributed by atoms with Crippen LogP contribution in [-0.2, 0) is 4.79 Å². The van der Waals surface area contributed by atoms with Crippen LogP contribution in [0.15, 0.2) is 0 Å². The van der Waals surface area contributed by atoms with E-state index in [0.717, 1.165) is 12.8 Å². The van der Waals surface area contributed by atoms with Crippen molar-refractivity contribution in [1.29, 1.82) is 0 Å². The third kappa shape index (κ3) is 20.7. The maximum atomic E-state index is 10.4. The van der Waals surface area contributed by atoms with Crippen LogP contribution in [0.2, 0.25) is 0 Å². The third-order valence-electron chi connectivity index (χ3n) is 4.39. The van der Waals surface area contributed by atoms with Crippen LogP contribution in [-0.4, -0.2) is 48.8 Å². The number of hydrogen-bond acceptors (Lipinski definition) is 1. The second-order valence-electron chi connectivity index (χ2n) is 6.72. The van der Waals surface area contributed by atoms with Gasteiger partial charge in [-0.05, 0) is 12.3 Å². The van der Waals surface area contributed by atoms with E-state index >= 15 is 0 Å². The molecule has 0 aliphatic rings. The monoisotopic (exact) mass is 340 g/mol. The molecule has 0 aliphatic carbocycles. The summed E-state index contributed by atoms with van der Waals surface area (Å²) in [5, 5.41) is 8.60. The molecular formula is C19H40CaO2. The number of carbonyl (C=O) groups is 1. The standard InChI is InChI=1S/C19H38O2.Ca.2H/c1-3-4-5-6-7-8-9-10-11-12-13-15-18(2)16-14-17-19(20)21;;;/h18H,3-17H2,1-2H3,(H,20,21);;;. The summed E-state index contributed by atoms with van der Waals surface area (Å²) in [6, 6.07) is 0. The summed E-state index contributed by atoms with van der Waals surface area (Å²) < 4.78 is 0. The van der Waals surface area contributed by atoms with E-state index in [1.807, 2.05) is 0 Å². The molecule has 0 saturated carbocycles. The fourth-order valence-corrected chi connectivity index (χ4v) is 2.90. The van der Waals surface area contributed by atoms with Crippen molar-refractivity contribution in [2.75, 3.05) is 0 Å². The van der Waals surface area contributed by atoms with Gasteiger partial charge < -0.3 is 5.11 Å². The predicted octanol–water partition coefficient (Wildman–Crippen LogP) is 5.66. The number of aliphatic carboxylic acids is 1.